The Kier molecular flexibility index (Phi) is 5.36. The first-order valence-electron chi connectivity index (χ1n) is 7.94. The lowest BCUT2D eigenvalue weighted by atomic mass is 9.61. The Hall–Kier alpha value is -2.79. The van der Waals surface area contributed by atoms with Crippen molar-refractivity contribution in [1.82, 2.24) is 9.97 Å². The lowest BCUT2D eigenvalue weighted by molar-refractivity contribution is 0.262. The van der Waals surface area contributed by atoms with Gasteiger partial charge >= 0.3 is 6.03 Å². The second kappa shape index (κ2) is 7.86. The molecule has 2 amide bonds. The zero-order valence-electron chi connectivity index (χ0n) is 13.4. The quantitative estimate of drug-likeness (QED) is 0.574. The topological polar surface area (TPSA) is 90.7 Å². The van der Waals surface area contributed by atoms with Gasteiger partial charge in [-0.05, 0) is 24.1 Å². The molecule has 0 bridgehead atoms. The van der Waals surface area contributed by atoms with Crippen LogP contribution in [0.3, 0.4) is 0 Å². The van der Waals surface area contributed by atoms with Gasteiger partial charge in [-0.1, -0.05) is 36.4 Å². The summed E-state index contributed by atoms with van der Waals surface area (Å²) in [7, 11) is 0. The van der Waals surface area contributed by atoms with Gasteiger partial charge in [-0.3, -0.25) is 5.32 Å². The van der Waals surface area contributed by atoms with Crippen LogP contribution in [0.1, 0.15) is 24.1 Å². The van der Waals surface area contributed by atoms with Crippen molar-refractivity contribution in [1.29, 1.82) is 5.26 Å². The highest BCUT2D eigenvalue weighted by Gasteiger charge is 2.17. The molecule has 3 rings (SSSR count). The first kappa shape index (κ1) is 17.1. The van der Waals surface area contributed by atoms with Crippen LogP contribution < -0.4 is 16.1 Å². The molecule has 2 aromatic rings. The zero-order valence-corrected chi connectivity index (χ0v) is 14.3. The van der Waals surface area contributed by atoms with Gasteiger partial charge in [0.2, 0.25) is 5.99 Å². The molecule has 0 fully saturated rings. The van der Waals surface area contributed by atoms with Gasteiger partial charge in [0.05, 0.1) is 12.4 Å². The first-order valence-corrected chi connectivity index (χ1v) is 8.46. The number of carbonyl (C=O) groups excluding carboxylic acids is 1. The molecular formula is C17H16BN5OS. The number of hydrogen-bond acceptors (Lipinski definition) is 5. The van der Waals surface area contributed by atoms with E-state index >= 15 is 0 Å². The van der Waals surface area contributed by atoms with Crippen LogP contribution in [0.2, 0.25) is 6.32 Å². The fourth-order valence-electron chi connectivity index (χ4n) is 2.62. The molecular weight excluding hydrogens is 333 g/mol. The minimum atomic E-state index is -0.420. The third-order valence-corrected chi connectivity index (χ3v) is 4.39. The van der Waals surface area contributed by atoms with Crippen molar-refractivity contribution in [2.45, 2.75) is 19.2 Å². The van der Waals surface area contributed by atoms with E-state index in [1.807, 2.05) is 24.3 Å². The molecule has 1 aromatic heterocycles. The van der Waals surface area contributed by atoms with Gasteiger partial charge in [0.15, 0.2) is 11.5 Å². The van der Waals surface area contributed by atoms with E-state index in [1.165, 1.54) is 12.4 Å². The molecule has 1 aromatic carbocycles. The van der Waals surface area contributed by atoms with Gasteiger partial charge < -0.3 is 5.32 Å². The number of amides is 2. The lowest BCUT2D eigenvalue weighted by Crippen LogP contribution is -2.29. The number of allylic oxidation sites excluding steroid dienone is 1. The maximum Gasteiger partial charge on any atom is 0.324 e. The van der Waals surface area contributed by atoms with Crippen molar-refractivity contribution in [3.8, 4) is 6.07 Å². The van der Waals surface area contributed by atoms with E-state index in [9.17, 15) is 4.79 Å². The molecule has 0 saturated heterocycles. The largest absolute Gasteiger partial charge is 0.324 e. The summed E-state index contributed by atoms with van der Waals surface area (Å²) in [6.45, 7) is 0. The van der Waals surface area contributed by atoms with Crippen LogP contribution in [-0.2, 0) is 0 Å². The molecule has 1 aliphatic heterocycles. The Morgan fingerprint density at radius 3 is 2.92 bits per heavy atom. The summed E-state index contributed by atoms with van der Waals surface area (Å²) in [6, 6.07) is 7.25. The second-order valence-electron chi connectivity index (χ2n) is 5.67. The van der Waals surface area contributed by atoms with Crippen LogP contribution in [0, 0.1) is 11.3 Å². The molecule has 2 N–H and O–H groups in total. The molecule has 0 spiro atoms. The molecule has 8 heteroatoms. The van der Waals surface area contributed by atoms with Crippen LogP contribution in [0.5, 0.6) is 0 Å². The van der Waals surface area contributed by atoms with E-state index in [-0.39, 0.29) is 17.5 Å². The number of fused-ring (bicyclic) bond motifs is 1. The highest BCUT2D eigenvalue weighted by atomic mass is 32.1. The Labute approximate surface area is 151 Å². The molecule has 0 radical (unpaired) electrons. The number of rotatable bonds is 2. The maximum atomic E-state index is 12.1. The SMILES string of the molecule is N#Cc1cnc(NC(=O)Nc2ccc3c(c2)B(S)CCC/C=C\3)cn1. The van der Waals surface area contributed by atoms with Crippen LogP contribution in [-0.4, -0.2) is 22.0 Å². The highest BCUT2D eigenvalue weighted by molar-refractivity contribution is 8.12. The van der Waals surface area contributed by atoms with E-state index in [4.69, 9.17) is 5.26 Å². The zero-order chi connectivity index (χ0) is 17.6. The first-order chi connectivity index (χ1) is 12.2. The van der Waals surface area contributed by atoms with Crippen molar-refractivity contribution in [2.24, 2.45) is 0 Å². The Bertz CT molecular complexity index is 847. The standard InChI is InChI=1S/C17H16BN5OS/c19-9-14-10-21-16(11-20-14)23-17(24)22-13-6-5-12-4-2-1-3-7-18(25)15(12)8-13/h2,4-6,8,10-11,25H,1,3,7H2,(H2,21,22,23,24)/b4-2-. The number of hydrogen-bond donors (Lipinski definition) is 3. The summed E-state index contributed by atoms with van der Waals surface area (Å²) in [4.78, 5) is 19.9. The predicted molar refractivity (Wildman–Crippen MR) is 103 cm³/mol. The second-order valence-corrected chi connectivity index (χ2v) is 6.29. The van der Waals surface area contributed by atoms with Gasteiger partial charge in [0, 0.05) is 5.69 Å². The normalized spacial score (nSPS) is 14.5. The predicted octanol–water partition coefficient (Wildman–Crippen LogP) is 2.93. The third-order valence-electron chi connectivity index (χ3n) is 3.86. The lowest BCUT2D eigenvalue weighted by Gasteiger charge is -2.16. The number of urea groups is 1. The van der Waals surface area contributed by atoms with E-state index in [2.05, 4.69) is 45.2 Å². The van der Waals surface area contributed by atoms with Gasteiger partial charge in [0.1, 0.15) is 6.07 Å². The van der Waals surface area contributed by atoms with Crippen LogP contribution in [0.25, 0.3) is 6.08 Å². The molecule has 0 saturated carbocycles. The molecule has 25 heavy (non-hydrogen) atoms. The summed E-state index contributed by atoms with van der Waals surface area (Å²) < 4.78 is 0. The summed E-state index contributed by atoms with van der Waals surface area (Å²) in [6.07, 6.45) is 10.1. The number of thiol groups is 1. The van der Waals surface area contributed by atoms with Gasteiger partial charge in [-0.25, -0.2) is 27.2 Å². The van der Waals surface area contributed by atoms with E-state index in [1.54, 1.807) is 0 Å². The third kappa shape index (κ3) is 4.40. The molecule has 0 aliphatic carbocycles. The smallest absolute Gasteiger partial charge is 0.308 e. The monoisotopic (exact) mass is 349 g/mol. The number of nitriles is 1. The molecule has 6 nitrogen and oxygen atoms in total. The maximum absolute atomic E-state index is 12.1. The van der Waals surface area contributed by atoms with Crippen molar-refractivity contribution in [2.75, 3.05) is 10.6 Å². The van der Waals surface area contributed by atoms with E-state index in [0.717, 1.165) is 30.2 Å². The number of carbonyl (C=O) groups is 1. The Balaban J connectivity index is 1.71. The van der Waals surface area contributed by atoms with Crippen molar-refractivity contribution in [3.05, 3.63) is 47.9 Å². The van der Waals surface area contributed by atoms with E-state index < -0.39 is 6.03 Å². The van der Waals surface area contributed by atoms with Crippen LogP contribution >= 0.6 is 12.5 Å². The minimum Gasteiger partial charge on any atom is -0.308 e. The average Bonchev–Trinajstić information content (AvgIpc) is 2.61. The summed E-state index contributed by atoms with van der Waals surface area (Å²) in [5.74, 6) is 0.423. The van der Waals surface area contributed by atoms with Crippen LogP contribution in [0.15, 0.2) is 36.7 Å². The van der Waals surface area contributed by atoms with Crippen molar-refractivity contribution >= 4 is 47.5 Å². The average molecular weight is 349 g/mol. The molecule has 0 atom stereocenters. The van der Waals surface area contributed by atoms with E-state index in [0.29, 0.717) is 5.69 Å². The van der Waals surface area contributed by atoms with Gasteiger partial charge in [0.25, 0.3) is 0 Å². The number of anilines is 2. The van der Waals surface area contributed by atoms with Gasteiger partial charge in [-0.2, -0.15) is 5.26 Å². The number of nitrogens with one attached hydrogen (secondary N) is 2. The molecule has 124 valence electrons. The highest BCUT2D eigenvalue weighted by Crippen LogP contribution is 2.17. The fraction of sp³-hybridized carbons (Fsp3) is 0.176. The molecule has 2 heterocycles. The van der Waals surface area contributed by atoms with Crippen molar-refractivity contribution in [3.63, 3.8) is 0 Å². The Morgan fingerprint density at radius 1 is 1.28 bits per heavy atom. The van der Waals surface area contributed by atoms with Gasteiger partial charge in [-0.15, -0.1) is 0 Å². The summed E-state index contributed by atoms with van der Waals surface area (Å²) in [5, 5.41) is 14.1. The number of nitrogens with zero attached hydrogens (tertiary/aromatic N) is 3. The summed E-state index contributed by atoms with van der Waals surface area (Å²) in [5.41, 5.74) is 3.12. The molecule has 1 aliphatic rings. The number of benzene rings is 1. The summed E-state index contributed by atoms with van der Waals surface area (Å²) >= 11 is 4.69. The fourth-order valence-corrected chi connectivity index (χ4v) is 3.02. The van der Waals surface area contributed by atoms with Crippen LogP contribution in [0.4, 0.5) is 16.3 Å². The Morgan fingerprint density at radius 2 is 2.16 bits per heavy atom. The minimum absolute atomic E-state index is 0.147. The van der Waals surface area contributed by atoms with Crippen molar-refractivity contribution < 1.29 is 4.79 Å². The molecule has 0 unspecified atom stereocenters. The number of aromatic nitrogens is 2.